The van der Waals surface area contributed by atoms with Gasteiger partial charge in [0, 0.05) is 30.8 Å². The largest absolute Gasteiger partial charge is 0.456 e. The highest BCUT2D eigenvalue weighted by atomic mass is 19.1. The molecule has 3 atom stereocenters. The molecule has 4 aromatic rings. The van der Waals surface area contributed by atoms with Gasteiger partial charge < -0.3 is 9.30 Å². The lowest BCUT2D eigenvalue weighted by Crippen LogP contribution is -2.17. The van der Waals surface area contributed by atoms with E-state index in [1.165, 1.54) is 17.1 Å². The number of rotatable bonds is 5. The van der Waals surface area contributed by atoms with Gasteiger partial charge in [0.05, 0.1) is 16.7 Å². The van der Waals surface area contributed by atoms with E-state index in [9.17, 15) is 9.18 Å². The van der Waals surface area contributed by atoms with Gasteiger partial charge in [0.2, 0.25) is 0 Å². The van der Waals surface area contributed by atoms with E-state index in [1.807, 2.05) is 31.3 Å². The van der Waals surface area contributed by atoms with Gasteiger partial charge in [-0.25, -0.2) is 4.98 Å². The molecule has 1 saturated carbocycles. The number of halogens is 1. The molecule has 30 heavy (non-hydrogen) atoms. The molecule has 1 aliphatic rings. The molecule has 0 spiro atoms. The van der Waals surface area contributed by atoms with E-state index in [1.54, 1.807) is 36.5 Å². The standard InChI is InChI=1S/C24H22FN3O2/c1-15-12-19(15)24-26-20-9-8-17(13-21(20)27(24)2)28-11-10-18(14-22(28)29)30-23(25)16-6-4-3-5-7-16/h3-11,13-15,19,23H,12H2,1-2H3. The Labute approximate surface area is 173 Å². The van der Waals surface area contributed by atoms with Crippen LogP contribution >= 0.6 is 0 Å². The number of pyridine rings is 1. The first kappa shape index (κ1) is 18.6. The summed E-state index contributed by atoms with van der Waals surface area (Å²) in [6, 6.07) is 17.3. The lowest BCUT2D eigenvalue weighted by molar-refractivity contribution is 0.0669. The third kappa shape index (κ3) is 3.28. The van der Waals surface area contributed by atoms with Crippen molar-refractivity contribution in [1.29, 1.82) is 0 Å². The Kier molecular flexibility index (Phi) is 4.42. The van der Waals surface area contributed by atoms with E-state index in [4.69, 9.17) is 9.72 Å². The molecule has 2 aromatic carbocycles. The minimum absolute atomic E-state index is 0.194. The second-order valence-electron chi connectivity index (χ2n) is 7.94. The summed E-state index contributed by atoms with van der Waals surface area (Å²) in [7, 11) is 2.02. The fraction of sp³-hybridized carbons (Fsp3) is 0.250. The maximum absolute atomic E-state index is 14.4. The molecule has 2 heterocycles. The number of benzene rings is 2. The van der Waals surface area contributed by atoms with E-state index < -0.39 is 6.36 Å². The van der Waals surface area contributed by atoms with Gasteiger partial charge in [0.15, 0.2) is 0 Å². The summed E-state index contributed by atoms with van der Waals surface area (Å²) in [4.78, 5) is 17.5. The zero-order valence-corrected chi connectivity index (χ0v) is 16.8. The minimum atomic E-state index is -1.63. The molecule has 152 valence electrons. The van der Waals surface area contributed by atoms with Gasteiger partial charge in [-0.05, 0) is 36.6 Å². The molecule has 2 aromatic heterocycles. The molecule has 0 amide bonds. The molecule has 6 heteroatoms. The molecular weight excluding hydrogens is 381 g/mol. The molecule has 1 fully saturated rings. The van der Waals surface area contributed by atoms with Crippen molar-refractivity contribution in [3.05, 3.63) is 88.6 Å². The lowest BCUT2D eigenvalue weighted by Gasteiger charge is -2.12. The Morgan fingerprint density at radius 2 is 1.90 bits per heavy atom. The number of imidazole rings is 1. The Bertz CT molecular complexity index is 1280. The van der Waals surface area contributed by atoms with Crippen LogP contribution in [0.2, 0.25) is 0 Å². The van der Waals surface area contributed by atoms with Gasteiger partial charge in [-0.3, -0.25) is 9.36 Å². The fourth-order valence-electron chi connectivity index (χ4n) is 3.90. The SMILES string of the molecule is CC1CC1c1nc2ccc(-n3ccc(OC(F)c4ccccc4)cc3=O)cc2n1C. The van der Waals surface area contributed by atoms with Gasteiger partial charge in [0.25, 0.3) is 11.9 Å². The van der Waals surface area contributed by atoms with Gasteiger partial charge in [-0.15, -0.1) is 0 Å². The normalized spacial score (nSPS) is 19.0. The van der Waals surface area contributed by atoms with Gasteiger partial charge in [-0.1, -0.05) is 37.3 Å². The van der Waals surface area contributed by atoms with Crippen LogP contribution in [-0.2, 0) is 7.05 Å². The second-order valence-corrected chi connectivity index (χ2v) is 7.94. The number of aryl methyl sites for hydroxylation is 1. The molecule has 0 radical (unpaired) electrons. The third-order valence-corrected chi connectivity index (χ3v) is 5.81. The number of hydrogen-bond acceptors (Lipinski definition) is 3. The predicted molar refractivity (Wildman–Crippen MR) is 114 cm³/mol. The third-order valence-electron chi connectivity index (χ3n) is 5.81. The Morgan fingerprint density at radius 3 is 2.60 bits per heavy atom. The Morgan fingerprint density at radius 1 is 1.13 bits per heavy atom. The summed E-state index contributed by atoms with van der Waals surface area (Å²) < 4.78 is 23.3. The van der Waals surface area contributed by atoms with Gasteiger partial charge >= 0.3 is 0 Å². The van der Waals surface area contributed by atoms with Gasteiger partial charge in [-0.2, -0.15) is 4.39 Å². The highest BCUT2D eigenvalue weighted by molar-refractivity contribution is 5.78. The van der Waals surface area contributed by atoms with Crippen LogP contribution in [0.25, 0.3) is 16.7 Å². The number of fused-ring (bicyclic) bond motifs is 1. The lowest BCUT2D eigenvalue weighted by atomic mass is 10.2. The summed E-state index contributed by atoms with van der Waals surface area (Å²) >= 11 is 0. The van der Waals surface area contributed by atoms with Crippen molar-refractivity contribution in [2.24, 2.45) is 13.0 Å². The van der Waals surface area contributed by atoms with Crippen LogP contribution in [0.5, 0.6) is 5.75 Å². The summed E-state index contributed by atoms with van der Waals surface area (Å²) in [6.07, 6.45) is 1.15. The molecule has 5 nitrogen and oxygen atoms in total. The zero-order valence-electron chi connectivity index (χ0n) is 16.8. The van der Waals surface area contributed by atoms with E-state index in [0.29, 0.717) is 17.4 Å². The number of hydrogen-bond donors (Lipinski definition) is 0. The second kappa shape index (κ2) is 7.13. The molecular formula is C24H22FN3O2. The van der Waals surface area contributed by atoms with Crippen molar-refractivity contribution in [2.75, 3.05) is 0 Å². The van der Waals surface area contributed by atoms with Crippen molar-refractivity contribution < 1.29 is 9.13 Å². The molecule has 3 unspecified atom stereocenters. The first-order valence-electron chi connectivity index (χ1n) is 10.1. The maximum atomic E-state index is 14.4. The number of ether oxygens (including phenoxy) is 1. The van der Waals surface area contributed by atoms with Crippen molar-refractivity contribution in [3.8, 4) is 11.4 Å². The molecule has 5 rings (SSSR count). The molecule has 0 saturated heterocycles. The van der Waals surface area contributed by atoms with Gasteiger partial charge in [0.1, 0.15) is 11.6 Å². The smallest absolute Gasteiger partial charge is 0.264 e. The zero-order chi connectivity index (χ0) is 20.8. The van der Waals surface area contributed by atoms with E-state index in [0.717, 1.165) is 22.5 Å². The van der Waals surface area contributed by atoms with Crippen LogP contribution in [0.15, 0.2) is 71.7 Å². The van der Waals surface area contributed by atoms with Crippen LogP contribution in [-0.4, -0.2) is 14.1 Å². The monoisotopic (exact) mass is 403 g/mol. The summed E-state index contributed by atoms with van der Waals surface area (Å²) in [5.41, 5.74) is 2.76. The van der Waals surface area contributed by atoms with Crippen LogP contribution in [0.1, 0.15) is 37.0 Å². The van der Waals surface area contributed by atoms with Crippen LogP contribution in [0.4, 0.5) is 4.39 Å². The minimum Gasteiger partial charge on any atom is -0.456 e. The van der Waals surface area contributed by atoms with Crippen LogP contribution in [0.3, 0.4) is 0 Å². The van der Waals surface area contributed by atoms with E-state index >= 15 is 0 Å². The molecule has 0 N–H and O–H groups in total. The molecule has 0 bridgehead atoms. The van der Waals surface area contributed by atoms with Crippen LogP contribution in [0, 0.1) is 5.92 Å². The maximum Gasteiger partial charge on any atom is 0.264 e. The van der Waals surface area contributed by atoms with Crippen LogP contribution < -0.4 is 10.3 Å². The van der Waals surface area contributed by atoms with Crippen molar-refractivity contribution in [1.82, 2.24) is 14.1 Å². The quantitative estimate of drug-likeness (QED) is 0.476. The average Bonchev–Trinajstić information content (AvgIpc) is 3.39. The van der Waals surface area contributed by atoms with E-state index in [-0.39, 0.29) is 11.3 Å². The van der Waals surface area contributed by atoms with Crippen molar-refractivity contribution in [3.63, 3.8) is 0 Å². The topological polar surface area (TPSA) is 49.1 Å². The highest BCUT2D eigenvalue weighted by Crippen LogP contribution is 2.46. The fourth-order valence-corrected chi connectivity index (χ4v) is 3.90. The summed E-state index contributed by atoms with van der Waals surface area (Å²) in [6.45, 7) is 2.23. The molecule has 0 aliphatic heterocycles. The number of aromatic nitrogens is 3. The summed E-state index contributed by atoms with van der Waals surface area (Å²) in [5.74, 6) is 2.48. The highest BCUT2D eigenvalue weighted by Gasteiger charge is 2.37. The predicted octanol–water partition coefficient (Wildman–Crippen LogP) is 4.89. The van der Waals surface area contributed by atoms with Crippen molar-refractivity contribution >= 4 is 11.0 Å². The first-order valence-corrected chi connectivity index (χ1v) is 10.1. The molecule has 1 aliphatic carbocycles. The Balaban J connectivity index is 1.43. The van der Waals surface area contributed by atoms with Crippen molar-refractivity contribution in [2.45, 2.75) is 25.6 Å². The Hall–Kier alpha value is -3.41. The average molecular weight is 403 g/mol. The first-order chi connectivity index (χ1) is 14.5. The number of alkyl halides is 1. The van der Waals surface area contributed by atoms with E-state index in [2.05, 4.69) is 11.5 Å². The number of nitrogens with zero attached hydrogens (tertiary/aromatic N) is 3. The summed E-state index contributed by atoms with van der Waals surface area (Å²) in [5, 5.41) is 0.